The molecule has 1 N–H and O–H groups in total. The minimum absolute atomic E-state index is 0.00415. The molecule has 3 aromatic rings. The van der Waals surface area contributed by atoms with Gasteiger partial charge in [0.05, 0.1) is 18.9 Å². The van der Waals surface area contributed by atoms with Crippen LogP contribution in [0.3, 0.4) is 0 Å². The molecule has 0 amide bonds. The van der Waals surface area contributed by atoms with Crippen molar-refractivity contribution in [2.45, 2.75) is 26.9 Å². The van der Waals surface area contributed by atoms with Gasteiger partial charge in [0.15, 0.2) is 5.82 Å². The Morgan fingerprint density at radius 1 is 1.03 bits per heavy atom. The highest BCUT2D eigenvalue weighted by Crippen LogP contribution is 2.38. The highest BCUT2D eigenvalue weighted by atomic mass is 19.4. The van der Waals surface area contributed by atoms with Crippen molar-refractivity contribution in [2.75, 3.05) is 23.6 Å². The van der Waals surface area contributed by atoms with Crippen LogP contribution in [0.25, 0.3) is 0 Å². The van der Waals surface area contributed by atoms with E-state index in [1.165, 1.54) is 0 Å². The van der Waals surface area contributed by atoms with Gasteiger partial charge in [0.2, 0.25) is 5.95 Å². The summed E-state index contributed by atoms with van der Waals surface area (Å²) in [6.07, 6.45) is -3.91. The zero-order valence-electron chi connectivity index (χ0n) is 18.1. The number of aromatic nitrogens is 2. The summed E-state index contributed by atoms with van der Waals surface area (Å²) in [4.78, 5) is 13.5. The van der Waals surface area contributed by atoms with Gasteiger partial charge in [-0.3, -0.25) is 4.84 Å². The lowest BCUT2D eigenvalue weighted by Crippen LogP contribution is -2.23. The number of ether oxygens (including phenoxy) is 1. The van der Waals surface area contributed by atoms with Gasteiger partial charge in [0, 0.05) is 11.9 Å². The third kappa shape index (κ3) is 6.10. The molecule has 0 atom stereocenters. The summed E-state index contributed by atoms with van der Waals surface area (Å²) in [5, 5.41) is 4.00. The Labute approximate surface area is 185 Å². The lowest BCUT2D eigenvalue weighted by atomic mass is 10.2. The Hall–Kier alpha value is -3.33. The monoisotopic (exact) mass is 446 g/mol. The van der Waals surface area contributed by atoms with Crippen LogP contribution < -0.4 is 15.1 Å². The predicted octanol–water partition coefficient (Wildman–Crippen LogP) is 6.36. The maximum absolute atomic E-state index is 13.7. The van der Waals surface area contributed by atoms with Crippen LogP contribution in [0.1, 0.15) is 26.3 Å². The summed E-state index contributed by atoms with van der Waals surface area (Å²) in [5.41, 5.74) is 0.0178. The Kier molecular flexibility index (Phi) is 7.53. The van der Waals surface area contributed by atoms with Crippen LogP contribution in [-0.4, -0.2) is 23.2 Å². The number of anilines is 4. The first-order valence-corrected chi connectivity index (χ1v) is 10.2. The van der Waals surface area contributed by atoms with Gasteiger partial charge in [0.1, 0.15) is 11.3 Å². The van der Waals surface area contributed by atoms with Gasteiger partial charge in [-0.1, -0.05) is 32.0 Å². The topological polar surface area (TPSA) is 59.5 Å². The first-order valence-electron chi connectivity index (χ1n) is 10.2. The molecule has 1 aromatic heterocycles. The van der Waals surface area contributed by atoms with Gasteiger partial charge in [0.25, 0.3) is 0 Å². The average Bonchev–Trinajstić information content (AvgIpc) is 2.77. The van der Waals surface area contributed by atoms with Crippen LogP contribution in [0.4, 0.5) is 36.3 Å². The van der Waals surface area contributed by atoms with E-state index >= 15 is 0 Å². The van der Waals surface area contributed by atoms with Crippen molar-refractivity contribution in [1.82, 2.24) is 9.97 Å². The molecular formula is C23H25F3N4O2. The molecule has 0 saturated heterocycles. The lowest BCUT2D eigenvalue weighted by Gasteiger charge is -2.25. The molecule has 0 radical (unpaired) electrons. The highest BCUT2D eigenvalue weighted by molar-refractivity contribution is 5.63. The quantitative estimate of drug-likeness (QED) is 0.386. The Balaban J connectivity index is 1.92. The smallest absolute Gasteiger partial charge is 0.421 e. The van der Waals surface area contributed by atoms with E-state index in [0.29, 0.717) is 29.6 Å². The molecule has 1 heterocycles. The second-order valence-corrected chi connectivity index (χ2v) is 7.33. The number of rotatable bonds is 9. The van der Waals surface area contributed by atoms with E-state index in [0.717, 1.165) is 11.3 Å². The molecule has 0 aliphatic rings. The number of nitrogens with one attached hydrogen (secondary N) is 1. The fourth-order valence-electron chi connectivity index (χ4n) is 2.76. The molecule has 2 aromatic carbocycles. The van der Waals surface area contributed by atoms with Crippen LogP contribution in [0.5, 0.6) is 5.75 Å². The van der Waals surface area contributed by atoms with Gasteiger partial charge in [-0.05, 0) is 49.2 Å². The summed E-state index contributed by atoms with van der Waals surface area (Å²) >= 11 is 0. The normalized spacial score (nSPS) is 11.5. The summed E-state index contributed by atoms with van der Waals surface area (Å²) in [7, 11) is 0. The average molecular weight is 446 g/mol. The number of halogens is 3. The van der Waals surface area contributed by atoms with Crippen molar-refractivity contribution < 1.29 is 22.7 Å². The van der Waals surface area contributed by atoms with E-state index in [4.69, 9.17) is 9.57 Å². The van der Waals surface area contributed by atoms with E-state index in [2.05, 4.69) is 29.1 Å². The minimum Gasteiger partial charge on any atom is -0.493 e. The second-order valence-electron chi connectivity index (χ2n) is 7.33. The van der Waals surface area contributed by atoms with E-state index < -0.39 is 17.6 Å². The Morgan fingerprint density at radius 2 is 1.72 bits per heavy atom. The molecule has 0 aliphatic carbocycles. The molecule has 0 aliphatic heterocycles. The van der Waals surface area contributed by atoms with Crippen LogP contribution in [-0.2, 0) is 11.0 Å². The third-order valence-electron chi connectivity index (χ3n) is 4.21. The summed E-state index contributed by atoms with van der Waals surface area (Å²) in [5.74, 6) is 0.693. The molecule has 0 saturated carbocycles. The van der Waals surface area contributed by atoms with Crippen molar-refractivity contribution in [3.8, 4) is 5.75 Å². The highest BCUT2D eigenvalue weighted by Gasteiger charge is 2.37. The summed E-state index contributed by atoms with van der Waals surface area (Å²) in [6, 6.07) is 15.5. The number of hydrogen-bond acceptors (Lipinski definition) is 6. The van der Waals surface area contributed by atoms with Crippen molar-refractivity contribution >= 4 is 23.1 Å². The fourth-order valence-corrected chi connectivity index (χ4v) is 2.76. The maximum Gasteiger partial charge on any atom is 0.421 e. The van der Waals surface area contributed by atoms with Crippen LogP contribution >= 0.6 is 0 Å². The molecule has 0 spiro atoms. The zero-order chi connectivity index (χ0) is 23.1. The van der Waals surface area contributed by atoms with Gasteiger partial charge in [-0.25, -0.2) is 10.0 Å². The largest absolute Gasteiger partial charge is 0.493 e. The first kappa shape index (κ1) is 23.3. The van der Waals surface area contributed by atoms with Gasteiger partial charge in [-0.15, -0.1) is 0 Å². The molecule has 0 fully saturated rings. The van der Waals surface area contributed by atoms with Gasteiger partial charge in [-0.2, -0.15) is 18.2 Å². The second kappa shape index (κ2) is 10.3. The molecule has 0 unspecified atom stereocenters. The predicted molar refractivity (Wildman–Crippen MR) is 117 cm³/mol. The SMILES string of the molecule is CCON(c1ccccc1)c1nc(Nc2ccc(OCC(C)C)cc2)ncc1C(F)(F)F. The molecular weight excluding hydrogens is 421 g/mol. The number of alkyl halides is 3. The van der Waals surface area contributed by atoms with Gasteiger partial charge < -0.3 is 10.1 Å². The fraction of sp³-hybridized carbons (Fsp3) is 0.304. The molecule has 170 valence electrons. The minimum atomic E-state index is -4.66. The van der Waals surface area contributed by atoms with Crippen LogP contribution in [0.2, 0.25) is 0 Å². The van der Waals surface area contributed by atoms with Crippen molar-refractivity contribution in [3.05, 3.63) is 66.4 Å². The molecule has 9 heteroatoms. The lowest BCUT2D eigenvalue weighted by molar-refractivity contribution is -0.138. The Bertz CT molecular complexity index is 996. The number of para-hydroxylation sites is 1. The summed E-state index contributed by atoms with van der Waals surface area (Å²) < 4.78 is 46.7. The number of hydrogen-bond donors (Lipinski definition) is 1. The van der Waals surface area contributed by atoms with Gasteiger partial charge >= 0.3 is 6.18 Å². The van der Waals surface area contributed by atoms with Crippen LogP contribution in [0, 0.1) is 5.92 Å². The summed E-state index contributed by atoms with van der Waals surface area (Å²) in [6.45, 7) is 6.53. The van der Waals surface area contributed by atoms with E-state index in [9.17, 15) is 13.2 Å². The van der Waals surface area contributed by atoms with E-state index in [-0.39, 0.29) is 12.6 Å². The van der Waals surface area contributed by atoms with Crippen LogP contribution in [0.15, 0.2) is 60.8 Å². The molecule has 3 rings (SSSR count). The van der Waals surface area contributed by atoms with E-state index in [1.54, 1.807) is 61.5 Å². The maximum atomic E-state index is 13.7. The molecule has 6 nitrogen and oxygen atoms in total. The van der Waals surface area contributed by atoms with Crippen molar-refractivity contribution in [2.24, 2.45) is 5.92 Å². The standard InChI is InChI=1S/C23H25F3N4O2/c1-4-32-30(18-8-6-5-7-9-18)21-20(23(24,25)26)14-27-22(29-21)28-17-10-12-19(13-11-17)31-15-16(2)3/h5-14,16H,4,15H2,1-3H3,(H,27,28,29). The first-order chi connectivity index (χ1) is 15.3. The zero-order valence-corrected chi connectivity index (χ0v) is 18.1. The molecule has 32 heavy (non-hydrogen) atoms. The third-order valence-corrected chi connectivity index (χ3v) is 4.21. The van der Waals surface area contributed by atoms with Crippen molar-refractivity contribution in [3.63, 3.8) is 0 Å². The number of nitrogens with zero attached hydrogens (tertiary/aromatic N) is 3. The van der Waals surface area contributed by atoms with Crippen molar-refractivity contribution in [1.29, 1.82) is 0 Å². The number of benzene rings is 2. The van der Waals surface area contributed by atoms with E-state index in [1.807, 2.05) is 0 Å². The molecule has 0 bridgehead atoms. The Morgan fingerprint density at radius 3 is 2.31 bits per heavy atom.